The van der Waals surface area contributed by atoms with Crippen molar-refractivity contribution >= 4 is 0 Å². The summed E-state index contributed by atoms with van der Waals surface area (Å²) in [4.78, 5) is 4.33. The Bertz CT molecular complexity index is 350. The van der Waals surface area contributed by atoms with Gasteiger partial charge in [-0.1, -0.05) is 20.8 Å². The molecule has 102 valence electrons. The van der Waals surface area contributed by atoms with Crippen LogP contribution >= 0.6 is 0 Å². The number of ether oxygens (including phenoxy) is 1. The van der Waals surface area contributed by atoms with Crippen molar-refractivity contribution in [3.05, 3.63) is 23.5 Å². The molecule has 0 aliphatic heterocycles. The van der Waals surface area contributed by atoms with Gasteiger partial charge in [0.2, 0.25) is 0 Å². The quantitative estimate of drug-likeness (QED) is 0.719. The fourth-order valence-corrected chi connectivity index (χ4v) is 1.76. The minimum absolute atomic E-state index is 0.744. The van der Waals surface area contributed by atoms with E-state index in [2.05, 4.69) is 31.1 Å². The standard InChI is InChI=1S/C15H26N2O/c1-5-16-10-14-11-17-13(4)9-15(14)18-8-6-7-12(2)3/h9,11-12,16H,5-8,10H2,1-4H3. The van der Waals surface area contributed by atoms with Gasteiger partial charge < -0.3 is 10.1 Å². The predicted molar refractivity (Wildman–Crippen MR) is 75.9 cm³/mol. The van der Waals surface area contributed by atoms with Gasteiger partial charge in [-0.2, -0.15) is 0 Å². The minimum atomic E-state index is 0.744. The molecule has 0 fully saturated rings. The van der Waals surface area contributed by atoms with E-state index in [9.17, 15) is 0 Å². The second kappa shape index (κ2) is 8.09. The molecule has 0 aliphatic rings. The molecule has 0 bridgehead atoms. The van der Waals surface area contributed by atoms with Gasteiger partial charge >= 0.3 is 0 Å². The van der Waals surface area contributed by atoms with E-state index >= 15 is 0 Å². The van der Waals surface area contributed by atoms with Crippen LogP contribution in [0.5, 0.6) is 5.75 Å². The molecule has 1 aromatic heterocycles. The van der Waals surface area contributed by atoms with E-state index < -0.39 is 0 Å². The lowest BCUT2D eigenvalue weighted by atomic mass is 10.1. The fraction of sp³-hybridized carbons (Fsp3) is 0.667. The van der Waals surface area contributed by atoms with Crippen LogP contribution < -0.4 is 10.1 Å². The first-order valence-corrected chi connectivity index (χ1v) is 6.92. The predicted octanol–water partition coefficient (Wildman–Crippen LogP) is 3.31. The molecule has 0 aromatic carbocycles. The van der Waals surface area contributed by atoms with E-state index in [1.54, 1.807) is 0 Å². The van der Waals surface area contributed by atoms with E-state index in [1.165, 1.54) is 6.42 Å². The Kier molecular flexibility index (Phi) is 6.73. The summed E-state index contributed by atoms with van der Waals surface area (Å²) in [7, 11) is 0. The number of nitrogens with one attached hydrogen (secondary N) is 1. The topological polar surface area (TPSA) is 34.2 Å². The molecule has 0 radical (unpaired) electrons. The molecule has 0 spiro atoms. The first-order chi connectivity index (χ1) is 8.63. The summed E-state index contributed by atoms with van der Waals surface area (Å²) < 4.78 is 5.89. The molecular formula is C15H26N2O. The van der Waals surface area contributed by atoms with Crippen LogP contribution in [0.4, 0.5) is 0 Å². The molecule has 18 heavy (non-hydrogen) atoms. The second-order valence-electron chi connectivity index (χ2n) is 5.10. The van der Waals surface area contributed by atoms with Crippen LogP contribution in [0.2, 0.25) is 0 Å². The maximum absolute atomic E-state index is 5.89. The van der Waals surface area contributed by atoms with Gasteiger partial charge in [-0.3, -0.25) is 4.98 Å². The van der Waals surface area contributed by atoms with Crippen LogP contribution in [-0.2, 0) is 6.54 Å². The average molecular weight is 250 g/mol. The van der Waals surface area contributed by atoms with Crippen LogP contribution in [-0.4, -0.2) is 18.1 Å². The highest BCUT2D eigenvalue weighted by Crippen LogP contribution is 2.19. The van der Waals surface area contributed by atoms with Crippen LogP contribution in [0, 0.1) is 12.8 Å². The lowest BCUT2D eigenvalue weighted by Gasteiger charge is -2.12. The SMILES string of the molecule is CCNCc1cnc(C)cc1OCCCC(C)C. The first-order valence-electron chi connectivity index (χ1n) is 6.92. The van der Waals surface area contributed by atoms with Crippen LogP contribution in [0.1, 0.15) is 44.9 Å². The molecule has 3 heteroatoms. The summed E-state index contributed by atoms with van der Waals surface area (Å²) in [5.41, 5.74) is 2.15. The van der Waals surface area contributed by atoms with Gasteiger partial charge in [-0.15, -0.1) is 0 Å². The van der Waals surface area contributed by atoms with Crippen molar-refractivity contribution in [2.75, 3.05) is 13.2 Å². The van der Waals surface area contributed by atoms with Gasteiger partial charge in [0.1, 0.15) is 5.75 Å². The van der Waals surface area contributed by atoms with Crippen molar-refractivity contribution in [2.45, 2.75) is 47.1 Å². The van der Waals surface area contributed by atoms with E-state index in [0.29, 0.717) is 0 Å². The second-order valence-corrected chi connectivity index (χ2v) is 5.10. The summed E-state index contributed by atoms with van der Waals surface area (Å²) >= 11 is 0. The zero-order valence-corrected chi connectivity index (χ0v) is 12.1. The fourth-order valence-electron chi connectivity index (χ4n) is 1.76. The zero-order chi connectivity index (χ0) is 13.4. The molecular weight excluding hydrogens is 224 g/mol. The largest absolute Gasteiger partial charge is 0.493 e. The normalized spacial score (nSPS) is 10.9. The highest BCUT2D eigenvalue weighted by molar-refractivity contribution is 5.32. The molecule has 1 N–H and O–H groups in total. The van der Waals surface area contributed by atoms with Gasteiger partial charge in [0.05, 0.1) is 6.61 Å². The van der Waals surface area contributed by atoms with Gasteiger partial charge in [-0.25, -0.2) is 0 Å². The van der Waals surface area contributed by atoms with E-state index in [1.807, 2.05) is 19.2 Å². The Labute approximate surface area is 111 Å². The third kappa shape index (κ3) is 5.50. The molecule has 0 amide bonds. The number of aromatic nitrogens is 1. The minimum Gasteiger partial charge on any atom is -0.493 e. The molecule has 3 nitrogen and oxygen atoms in total. The van der Waals surface area contributed by atoms with Gasteiger partial charge in [0.25, 0.3) is 0 Å². The molecule has 0 saturated carbocycles. The Morgan fingerprint density at radius 3 is 2.83 bits per heavy atom. The third-order valence-electron chi connectivity index (χ3n) is 2.83. The smallest absolute Gasteiger partial charge is 0.127 e. The summed E-state index contributed by atoms with van der Waals surface area (Å²) in [5.74, 6) is 1.72. The number of nitrogens with zero attached hydrogens (tertiary/aromatic N) is 1. The molecule has 0 atom stereocenters. The summed E-state index contributed by atoms with van der Waals surface area (Å²) in [6.45, 7) is 11.2. The first kappa shape index (κ1) is 15.0. The summed E-state index contributed by atoms with van der Waals surface area (Å²) in [6.07, 6.45) is 4.24. The van der Waals surface area contributed by atoms with Crippen LogP contribution in [0.3, 0.4) is 0 Å². The van der Waals surface area contributed by atoms with Crippen molar-refractivity contribution in [1.29, 1.82) is 0 Å². The van der Waals surface area contributed by atoms with E-state index in [4.69, 9.17) is 4.74 Å². The van der Waals surface area contributed by atoms with Crippen molar-refractivity contribution in [2.24, 2.45) is 5.92 Å². The number of pyridine rings is 1. The van der Waals surface area contributed by atoms with Crippen molar-refractivity contribution in [1.82, 2.24) is 10.3 Å². The Morgan fingerprint density at radius 2 is 2.17 bits per heavy atom. The number of hydrogen-bond donors (Lipinski definition) is 1. The Balaban J connectivity index is 2.52. The number of hydrogen-bond acceptors (Lipinski definition) is 3. The Morgan fingerprint density at radius 1 is 1.39 bits per heavy atom. The monoisotopic (exact) mass is 250 g/mol. The molecule has 0 unspecified atom stereocenters. The van der Waals surface area contributed by atoms with Crippen LogP contribution in [0.25, 0.3) is 0 Å². The lowest BCUT2D eigenvalue weighted by molar-refractivity contribution is 0.294. The van der Waals surface area contributed by atoms with Crippen molar-refractivity contribution in [3.8, 4) is 5.75 Å². The maximum Gasteiger partial charge on any atom is 0.127 e. The highest BCUT2D eigenvalue weighted by atomic mass is 16.5. The average Bonchev–Trinajstić information content (AvgIpc) is 2.33. The highest BCUT2D eigenvalue weighted by Gasteiger charge is 2.05. The molecule has 0 aliphatic carbocycles. The van der Waals surface area contributed by atoms with Crippen molar-refractivity contribution in [3.63, 3.8) is 0 Å². The molecule has 1 aromatic rings. The summed E-state index contributed by atoms with van der Waals surface area (Å²) in [5, 5.41) is 3.31. The van der Waals surface area contributed by atoms with Gasteiger partial charge in [-0.05, 0) is 32.2 Å². The van der Waals surface area contributed by atoms with Gasteiger partial charge in [0.15, 0.2) is 0 Å². The third-order valence-corrected chi connectivity index (χ3v) is 2.83. The van der Waals surface area contributed by atoms with E-state index in [-0.39, 0.29) is 0 Å². The number of aryl methyl sites for hydroxylation is 1. The van der Waals surface area contributed by atoms with Gasteiger partial charge in [0, 0.05) is 30.1 Å². The number of rotatable bonds is 8. The zero-order valence-electron chi connectivity index (χ0n) is 12.1. The molecule has 0 saturated heterocycles. The lowest BCUT2D eigenvalue weighted by Crippen LogP contribution is -2.13. The summed E-state index contributed by atoms with van der Waals surface area (Å²) in [6, 6.07) is 2.03. The van der Waals surface area contributed by atoms with Crippen LogP contribution in [0.15, 0.2) is 12.3 Å². The maximum atomic E-state index is 5.89. The van der Waals surface area contributed by atoms with E-state index in [0.717, 1.165) is 49.0 Å². The Hall–Kier alpha value is -1.09. The molecule has 1 heterocycles. The van der Waals surface area contributed by atoms with Crippen molar-refractivity contribution < 1.29 is 4.74 Å². The molecule has 1 rings (SSSR count).